The monoisotopic (exact) mass is 758 g/mol. The molecule has 3 aliphatic rings. The lowest BCUT2D eigenvalue weighted by Gasteiger charge is -2.38. The number of primary amides is 1. The quantitative estimate of drug-likeness (QED) is 0.179. The number of anilines is 1. The predicted molar refractivity (Wildman–Crippen MR) is 198 cm³/mol. The van der Waals surface area contributed by atoms with Crippen LogP contribution in [-0.2, 0) is 28.1 Å². The van der Waals surface area contributed by atoms with E-state index in [0.717, 1.165) is 23.5 Å². The first-order chi connectivity index (χ1) is 26.2. The SMILES string of the molecule is Cc1nn(-c2ccc(C(N)=O)c(NC3CCC(OC(=O)C4CCN(C[C@@](O)(Cn5cncn5)c5ccc(F)cc5F)CC4)CC3)c2)c2c1C(=O)CC(C)(C)C2. The Bertz CT molecular complexity index is 2070. The lowest BCUT2D eigenvalue weighted by molar-refractivity contribution is -0.157. The summed E-state index contributed by atoms with van der Waals surface area (Å²) < 4.78 is 37.8. The molecule has 292 valence electrons. The molecule has 0 radical (unpaired) electrons. The van der Waals surface area contributed by atoms with Crippen molar-refractivity contribution in [1.29, 1.82) is 0 Å². The highest BCUT2D eigenvalue weighted by Crippen LogP contribution is 2.38. The summed E-state index contributed by atoms with van der Waals surface area (Å²) in [6, 6.07) is 8.50. The van der Waals surface area contributed by atoms with Gasteiger partial charge in [0.15, 0.2) is 5.78 Å². The van der Waals surface area contributed by atoms with Gasteiger partial charge < -0.3 is 20.9 Å². The number of aliphatic hydroxyl groups is 1. The maximum Gasteiger partial charge on any atom is 0.309 e. The molecule has 2 aromatic heterocycles. The van der Waals surface area contributed by atoms with Gasteiger partial charge in [0.2, 0.25) is 0 Å². The van der Waals surface area contributed by atoms with Crippen LogP contribution in [0.5, 0.6) is 0 Å². The van der Waals surface area contributed by atoms with Gasteiger partial charge in [0, 0.05) is 36.3 Å². The number of ether oxygens (including phenoxy) is 1. The molecular formula is C40H48F2N8O5. The molecular weight excluding hydrogens is 710 g/mol. The first-order valence-corrected chi connectivity index (χ1v) is 18.9. The van der Waals surface area contributed by atoms with E-state index < -0.39 is 23.1 Å². The zero-order valence-electron chi connectivity index (χ0n) is 31.4. The minimum absolute atomic E-state index is 0.0162. The van der Waals surface area contributed by atoms with Gasteiger partial charge in [-0.1, -0.05) is 19.9 Å². The average Bonchev–Trinajstić information content (AvgIpc) is 3.75. The van der Waals surface area contributed by atoms with Crippen LogP contribution in [0, 0.1) is 29.9 Å². The van der Waals surface area contributed by atoms with E-state index in [4.69, 9.17) is 15.6 Å². The smallest absolute Gasteiger partial charge is 0.309 e. The summed E-state index contributed by atoms with van der Waals surface area (Å²) >= 11 is 0. The highest BCUT2D eigenvalue weighted by molar-refractivity contribution is 6.00. The summed E-state index contributed by atoms with van der Waals surface area (Å²) in [5.74, 6) is -2.61. The number of esters is 1. The molecule has 4 N–H and O–H groups in total. The molecule has 2 aromatic carbocycles. The molecule has 7 rings (SSSR count). The molecule has 1 saturated heterocycles. The second-order valence-corrected chi connectivity index (χ2v) is 16.2. The first-order valence-electron chi connectivity index (χ1n) is 18.9. The fraction of sp³-hybridized carbons (Fsp3) is 0.500. The summed E-state index contributed by atoms with van der Waals surface area (Å²) in [6.45, 7) is 6.93. The van der Waals surface area contributed by atoms with Crippen LogP contribution in [0.3, 0.4) is 0 Å². The Labute approximate surface area is 318 Å². The molecule has 4 aromatic rings. The van der Waals surface area contributed by atoms with Crippen molar-refractivity contribution in [2.45, 2.75) is 96.4 Å². The highest BCUT2D eigenvalue weighted by atomic mass is 19.1. The standard InChI is InChI=1S/C40H48F2N8O5/c1-24-36-34(18-39(2,3)19-35(36)51)50(47-24)28-7-10-30(37(43)52)33(17-28)46-27-5-8-29(9-6-27)55-38(53)25-12-14-48(15-13-25)20-40(54,21-49-23-44-22-45-49)31-11-4-26(41)16-32(31)42/h4,7,10-11,16-17,22-23,25,27,29,46,54H,5-6,8-9,12-15,18-21H2,1-3H3,(H2,43,52)/t27?,29?,40-/m1/s1. The fourth-order valence-corrected chi connectivity index (χ4v) is 8.52. The third kappa shape index (κ3) is 8.32. The number of hydrogen-bond donors (Lipinski definition) is 3. The van der Waals surface area contributed by atoms with E-state index in [1.807, 2.05) is 22.6 Å². The molecule has 0 spiro atoms. The van der Waals surface area contributed by atoms with Gasteiger partial charge in [-0.25, -0.2) is 23.1 Å². The molecule has 55 heavy (non-hydrogen) atoms. The van der Waals surface area contributed by atoms with E-state index in [2.05, 4.69) is 29.2 Å². The molecule has 1 aliphatic heterocycles. The number of benzene rings is 2. The zero-order chi connectivity index (χ0) is 39.1. The van der Waals surface area contributed by atoms with E-state index in [9.17, 15) is 28.3 Å². The Morgan fingerprint density at radius 1 is 1.04 bits per heavy atom. The molecule has 0 unspecified atom stereocenters. The number of Topliss-reactive ketones (excluding diaryl/α,β-unsaturated/α-hetero) is 1. The van der Waals surface area contributed by atoms with Crippen molar-refractivity contribution in [3.05, 3.63) is 88.8 Å². The Balaban J connectivity index is 0.939. The molecule has 2 fully saturated rings. The summed E-state index contributed by atoms with van der Waals surface area (Å²) in [5, 5.41) is 24.0. The van der Waals surface area contributed by atoms with E-state index in [0.29, 0.717) is 87.0 Å². The normalized spacial score (nSPS) is 21.5. The number of aryl methyl sites for hydroxylation is 1. The second-order valence-electron chi connectivity index (χ2n) is 16.2. The van der Waals surface area contributed by atoms with E-state index in [1.165, 1.54) is 23.4 Å². The van der Waals surface area contributed by atoms with Crippen molar-refractivity contribution in [2.75, 3.05) is 25.0 Å². The van der Waals surface area contributed by atoms with Gasteiger partial charge >= 0.3 is 5.97 Å². The number of ketones is 1. The number of piperidine rings is 1. The van der Waals surface area contributed by atoms with Crippen molar-refractivity contribution in [2.24, 2.45) is 17.1 Å². The number of carbonyl (C=O) groups excluding carboxylic acids is 3. The third-order valence-corrected chi connectivity index (χ3v) is 11.3. The topological polar surface area (TPSA) is 170 Å². The van der Waals surface area contributed by atoms with E-state index >= 15 is 0 Å². The van der Waals surface area contributed by atoms with Crippen molar-refractivity contribution < 1.29 is 33.0 Å². The van der Waals surface area contributed by atoms with Gasteiger partial charge in [-0.05, 0) is 94.6 Å². The first kappa shape index (κ1) is 38.3. The Kier molecular flexibility index (Phi) is 10.6. The zero-order valence-corrected chi connectivity index (χ0v) is 31.4. The number of likely N-dealkylation sites (tertiary alicyclic amines) is 1. The number of carbonyl (C=O) groups is 3. The fourth-order valence-electron chi connectivity index (χ4n) is 8.52. The van der Waals surface area contributed by atoms with Gasteiger partial charge in [0.05, 0.1) is 40.7 Å². The summed E-state index contributed by atoms with van der Waals surface area (Å²) in [7, 11) is 0. The highest BCUT2D eigenvalue weighted by Gasteiger charge is 2.39. The lowest BCUT2D eigenvalue weighted by Crippen LogP contribution is -2.48. The van der Waals surface area contributed by atoms with E-state index in [-0.39, 0.29) is 53.9 Å². The molecule has 3 heterocycles. The third-order valence-electron chi connectivity index (χ3n) is 11.3. The number of amides is 1. The van der Waals surface area contributed by atoms with Crippen LogP contribution in [0.25, 0.3) is 5.69 Å². The van der Waals surface area contributed by atoms with E-state index in [1.54, 1.807) is 12.1 Å². The van der Waals surface area contributed by atoms with Crippen LogP contribution in [0.4, 0.5) is 14.5 Å². The summed E-state index contributed by atoms with van der Waals surface area (Å²) in [5.41, 5.74) is 7.74. The Hall–Kier alpha value is -5.02. The van der Waals surface area contributed by atoms with Crippen molar-refractivity contribution >= 4 is 23.3 Å². The molecule has 2 aliphatic carbocycles. The van der Waals surface area contributed by atoms with Crippen molar-refractivity contribution in [1.82, 2.24) is 29.4 Å². The molecule has 1 saturated carbocycles. The van der Waals surface area contributed by atoms with Crippen LogP contribution in [0.2, 0.25) is 0 Å². The van der Waals surface area contributed by atoms with Gasteiger partial charge in [0.25, 0.3) is 5.91 Å². The van der Waals surface area contributed by atoms with Gasteiger partial charge in [-0.15, -0.1) is 0 Å². The number of nitrogens with one attached hydrogen (secondary N) is 1. The molecule has 13 nitrogen and oxygen atoms in total. The van der Waals surface area contributed by atoms with Gasteiger partial charge in [-0.2, -0.15) is 10.2 Å². The minimum Gasteiger partial charge on any atom is -0.462 e. The van der Waals surface area contributed by atoms with Gasteiger partial charge in [0.1, 0.15) is 36.0 Å². The molecule has 15 heteroatoms. The van der Waals surface area contributed by atoms with Gasteiger partial charge in [-0.3, -0.25) is 19.3 Å². The number of halogens is 2. The largest absolute Gasteiger partial charge is 0.462 e. The van der Waals surface area contributed by atoms with Crippen molar-refractivity contribution in [3.63, 3.8) is 0 Å². The van der Waals surface area contributed by atoms with Crippen molar-refractivity contribution in [3.8, 4) is 5.69 Å². The van der Waals surface area contributed by atoms with Crippen LogP contribution < -0.4 is 11.1 Å². The molecule has 1 atom stereocenters. The number of hydrogen-bond acceptors (Lipinski definition) is 10. The number of aromatic nitrogens is 5. The van der Waals surface area contributed by atoms with Crippen LogP contribution in [0.15, 0.2) is 49.1 Å². The predicted octanol–water partition coefficient (Wildman–Crippen LogP) is 4.87. The lowest BCUT2D eigenvalue weighted by atomic mass is 9.75. The van der Waals surface area contributed by atoms with Crippen LogP contribution >= 0.6 is 0 Å². The summed E-state index contributed by atoms with van der Waals surface area (Å²) in [6.07, 6.45) is 7.42. The number of rotatable bonds is 11. The maximum atomic E-state index is 14.9. The Morgan fingerprint density at radius 3 is 2.45 bits per heavy atom. The van der Waals surface area contributed by atoms with Crippen LogP contribution in [-0.4, -0.2) is 84.0 Å². The number of nitrogens with two attached hydrogens (primary N) is 1. The minimum atomic E-state index is -1.72. The molecule has 1 amide bonds. The number of β-amino-alcohol motifs (C(OH)–C–C–N with tert-alkyl or cyclic N) is 1. The number of nitrogens with zero attached hydrogens (tertiary/aromatic N) is 6. The number of fused-ring (bicyclic) bond motifs is 1. The Morgan fingerprint density at radius 2 is 1.78 bits per heavy atom. The summed E-state index contributed by atoms with van der Waals surface area (Å²) in [4.78, 5) is 44.6. The average molecular weight is 759 g/mol. The maximum absolute atomic E-state index is 14.9. The molecule has 0 bridgehead atoms. The second kappa shape index (κ2) is 15.3. The van der Waals surface area contributed by atoms with Crippen LogP contribution in [0.1, 0.15) is 96.5 Å².